The molecule has 9 nitrogen and oxygen atoms in total. The standard InChI is InChI=1S/C17H24N6O3/c1-11(25)18-4-5-19-15-13-8-14(22-16(13)21-10-20-15)17(26)23-6-2-12(9-24)3-7-23/h8,10,12,24H,2-7,9H2,1H3,(H,18,25)(H2,19,20,21,22). The lowest BCUT2D eigenvalue weighted by Gasteiger charge is -2.30. The second kappa shape index (κ2) is 8.13. The third-order valence-corrected chi connectivity index (χ3v) is 4.61. The summed E-state index contributed by atoms with van der Waals surface area (Å²) < 4.78 is 0. The first-order valence-corrected chi connectivity index (χ1v) is 8.80. The number of hydrogen-bond acceptors (Lipinski definition) is 6. The summed E-state index contributed by atoms with van der Waals surface area (Å²) in [4.78, 5) is 36.9. The number of aromatic nitrogens is 3. The highest BCUT2D eigenvalue weighted by molar-refractivity contribution is 5.99. The van der Waals surface area contributed by atoms with Crippen molar-refractivity contribution in [3.8, 4) is 0 Å². The maximum atomic E-state index is 12.7. The second-order valence-electron chi connectivity index (χ2n) is 6.50. The number of likely N-dealkylation sites (tertiary alicyclic amines) is 1. The van der Waals surface area contributed by atoms with Crippen LogP contribution in [-0.2, 0) is 4.79 Å². The number of aliphatic hydroxyl groups is 1. The molecular weight excluding hydrogens is 336 g/mol. The van der Waals surface area contributed by atoms with Crippen molar-refractivity contribution in [2.24, 2.45) is 5.92 Å². The number of aromatic amines is 1. The number of nitrogens with zero attached hydrogens (tertiary/aromatic N) is 3. The number of aliphatic hydroxyl groups excluding tert-OH is 1. The lowest BCUT2D eigenvalue weighted by Crippen LogP contribution is -2.39. The monoisotopic (exact) mass is 360 g/mol. The highest BCUT2D eigenvalue weighted by Gasteiger charge is 2.24. The molecule has 2 amide bonds. The van der Waals surface area contributed by atoms with Gasteiger partial charge in [-0.05, 0) is 24.8 Å². The zero-order valence-electron chi connectivity index (χ0n) is 14.8. The summed E-state index contributed by atoms with van der Waals surface area (Å²) in [5.41, 5.74) is 1.07. The van der Waals surface area contributed by atoms with Crippen molar-refractivity contribution in [3.05, 3.63) is 18.1 Å². The van der Waals surface area contributed by atoms with Crippen molar-refractivity contribution in [2.75, 3.05) is 38.1 Å². The molecule has 1 aliphatic rings. The largest absolute Gasteiger partial charge is 0.396 e. The van der Waals surface area contributed by atoms with Crippen molar-refractivity contribution in [1.82, 2.24) is 25.2 Å². The van der Waals surface area contributed by atoms with Gasteiger partial charge in [-0.3, -0.25) is 9.59 Å². The quantitative estimate of drug-likeness (QED) is 0.551. The van der Waals surface area contributed by atoms with Crippen molar-refractivity contribution in [1.29, 1.82) is 0 Å². The van der Waals surface area contributed by atoms with Gasteiger partial charge in [-0.1, -0.05) is 0 Å². The lowest BCUT2D eigenvalue weighted by molar-refractivity contribution is -0.118. The van der Waals surface area contributed by atoms with Gasteiger partial charge in [-0.25, -0.2) is 9.97 Å². The highest BCUT2D eigenvalue weighted by atomic mass is 16.3. The second-order valence-corrected chi connectivity index (χ2v) is 6.50. The molecule has 2 aromatic heterocycles. The van der Waals surface area contributed by atoms with Crippen LogP contribution in [0.1, 0.15) is 30.3 Å². The number of nitrogens with one attached hydrogen (secondary N) is 3. The Kier molecular flexibility index (Phi) is 5.67. The van der Waals surface area contributed by atoms with Gasteiger partial charge in [0, 0.05) is 39.7 Å². The minimum absolute atomic E-state index is 0.0661. The van der Waals surface area contributed by atoms with Crippen LogP contribution in [0, 0.1) is 5.92 Å². The topological polar surface area (TPSA) is 123 Å². The first kappa shape index (κ1) is 18.1. The van der Waals surface area contributed by atoms with E-state index in [1.165, 1.54) is 13.3 Å². The molecule has 0 bridgehead atoms. The fraction of sp³-hybridized carbons (Fsp3) is 0.529. The molecule has 0 saturated carbocycles. The Morgan fingerprint density at radius 3 is 2.77 bits per heavy atom. The molecule has 1 fully saturated rings. The van der Waals surface area contributed by atoms with E-state index < -0.39 is 0 Å². The average molecular weight is 360 g/mol. The molecule has 0 atom stereocenters. The van der Waals surface area contributed by atoms with Gasteiger partial charge in [-0.2, -0.15) is 0 Å². The molecule has 2 aromatic rings. The van der Waals surface area contributed by atoms with Gasteiger partial charge >= 0.3 is 0 Å². The predicted molar refractivity (Wildman–Crippen MR) is 96.8 cm³/mol. The molecule has 0 unspecified atom stereocenters. The van der Waals surface area contributed by atoms with Gasteiger partial charge in [0.25, 0.3) is 5.91 Å². The van der Waals surface area contributed by atoms with Crippen LogP contribution < -0.4 is 10.6 Å². The minimum atomic E-state index is -0.0841. The summed E-state index contributed by atoms with van der Waals surface area (Å²) in [6.07, 6.45) is 3.07. The fourth-order valence-corrected chi connectivity index (χ4v) is 3.10. The zero-order chi connectivity index (χ0) is 18.5. The summed E-state index contributed by atoms with van der Waals surface area (Å²) >= 11 is 0. The molecule has 9 heteroatoms. The fourth-order valence-electron chi connectivity index (χ4n) is 3.10. The van der Waals surface area contributed by atoms with E-state index >= 15 is 0 Å². The van der Waals surface area contributed by atoms with E-state index in [0.29, 0.717) is 43.3 Å². The van der Waals surface area contributed by atoms with Gasteiger partial charge in [0.05, 0.1) is 5.39 Å². The molecule has 0 aliphatic carbocycles. The summed E-state index contributed by atoms with van der Waals surface area (Å²) in [6.45, 7) is 3.94. The lowest BCUT2D eigenvalue weighted by atomic mass is 9.98. The number of rotatable bonds is 6. The van der Waals surface area contributed by atoms with Crippen LogP contribution in [0.2, 0.25) is 0 Å². The maximum absolute atomic E-state index is 12.7. The van der Waals surface area contributed by atoms with Crippen molar-refractivity contribution < 1.29 is 14.7 Å². The first-order chi connectivity index (χ1) is 12.6. The molecule has 140 valence electrons. The number of carbonyl (C=O) groups is 2. The Bertz CT molecular complexity index is 782. The number of H-pyrrole nitrogens is 1. The van der Waals surface area contributed by atoms with Gasteiger partial charge in [0.15, 0.2) is 0 Å². The average Bonchev–Trinajstić information content (AvgIpc) is 3.09. The van der Waals surface area contributed by atoms with Gasteiger partial charge in [0.1, 0.15) is 23.5 Å². The van der Waals surface area contributed by atoms with E-state index in [2.05, 4.69) is 25.6 Å². The van der Waals surface area contributed by atoms with Gasteiger partial charge in [-0.15, -0.1) is 0 Å². The third-order valence-electron chi connectivity index (χ3n) is 4.61. The van der Waals surface area contributed by atoms with E-state index in [1.54, 1.807) is 11.0 Å². The molecule has 0 aromatic carbocycles. The van der Waals surface area contributed by atoms with E-state index in [1.807, 2.05) is 0 Å². The number of carbonyl (C=O) groups excluding carboxylic acids is 2. The smallest absolute Gasteiger partial charge is 0.270 e. The molecule has 3 heterocycles. The Labute approximate surface area is 151 Å². The summed E-state index contributed by atoms with van der Waals surface area (Å²) in [7, 11) is 0. The van der Waals surface area contributed by atoms with Crippen LogP contribution in [0.25, 0.3) is 11.0 Å². The number of fused-ring (bicyclic) bond motifs is 1. The first-order valence-electron chi connectivity index (χ1n) is 8.80. The molecule has 26 heavy (non-hydrogen) atoms. The van der Waals surface area contributed by atoms with Crippen molar-refractivity contribution in [3.63, 3.8) is 0 Å². The van der Waals surface area contributed by atoms with Crippen molar-refractivity contribution in [2.45, 2.75) is 19.8 Å². The van der Waals surface area contributed by atoms with E-state index in [4.69, 9.17) is 0 Å². The van der Waals surface area contributed by atoms with Gasteiger partial charge < -0.3 is 25.6 Å². The molecule has 1 aliphatic heterocycles. The zero-order valence-corrected chi connectivity index (χ0v) is 14.8. The Morgan fingerprint density at radius 2 is 2.08 bits per heavy atom. The highest BCUT2D eigenvalue weighted by Crippen LogP contribution is 2.23. The minimum Gasteiger partial charge on any atom is -0.396 e. The molecule has 0 spiro atoms. The van der Waals surface area contributed by atoms with Crippen LogP contribution in [0.3, 0.4) is 0 Å². The predicted octanol–water partition coefficient (Wildman–Crippen LogP) is 0.350. The van der Waals surface area contributed by atoms with Crippen LogP contribution in [0.4, 0.5) is 5.82 Å². The van der Waals surface area contributed by atoms with Crippen LogP contribution in [0.5, 0.6) is 0 Å². The SMILES string of the molecule is CC(=O)NCCNc1ncnc2[nH]c(C(=O)N3CCC(CO)CC3)cc12. The number of amides is 2. The molecule has 3 rings (SSSR count). The number of piperidine rings is 1. The van der Waals surface area contributed by atoms with Gasteiger partial charge in [0.2, 0.25) is 5.91 Å². The summed E-state index contributed by atoms with van der Waals surface area (Å²) in [5.74, 6) is 0.754. The van der Waals surface area contributed by atoms with E-state index in [9.17, 15) is 14.7 Å². The maximum Gasteiger partial charge on any atom is 0.270 e. The third kappa shape index (κ3) is 4.10. The van der Waals surface area contributed by atoms with E-state index in [-0.39, 0.29) is 24.3 Å². The Hall–Kier alpha value is -2.68. The molecule has 1 saturated heterocycles. The molecule has 0 radical (unpaired) electrons. The summed E-state index contributed by atoms with van der Waals surface area (Å²) in [5, 5.41) is 15.8. The van der Waals surface area contributed by atoms with Crippen LogP contribution >= 0.6 is 0 Å². The van der Waals surface area contributed by atoms with Crippen LogP contribution in [0.15, 0.2) is 12.4 Å². The van der Waals surface area contributed by atoms with E-state index in [0.717, 1.165) is 18.2 Å². The molecule has 4 N–H and O–H groups in total. The normalized spacial score (nSPS) is 15.2. The number of hydrogen-bond donors (Lipinski definition) is 4. The van der Waals surface area contributed by atoms with Crippen LogP contribution in [-0.4, -0.2) is 69.6 Å². The molecular formula is C17H24N6O3. The number of anilines is 1. The Morgan fingerprint density at radius 1 is 1.31 bits per heavy atom. The van der Waals surface area contributed by atoms with Crippen molar-refractivity contribution >= 4 is 28.7 Å². The summed E-state index contributed by atoms with van der Waals surface area (Å²) in [6, 6.07) is 1.76. The Balaban J connectivity index is 1.69.